The molecule has 0 unspecified atom stereocenters. The minimum atomic E-state index is 0.239. The second kappa shape index (κ2) is 5.03. The maximum Gasteiger partial charge on any atom is 0.167 e. The Bertz CT molecular complexity index is 47.7. The fourth-order valence-corrected chi connectivity index (χ4v) is 0.229. The lowest BCUT2D eigenvalue weighted by Gasteiger charge is -2.05. The molecular formula is C5H13NO2. The summed E-state index contributed by atoms with van der Waals surface area (Å²) in [6, 6.07) is 0. The van der Waals surface area contributed by atoms with Crippen LogP contribution in [-0.4, -0.2) is 19.9 Å². The molecule has 0 radical (unpaired) electrons. The van der Waals surface area contributed by atoms with Crippen LogP contribution in [0.25, 0.3) is 0 Å². The molecule has 0 aromatic carbocycles. The lowest BCUT2D eigenvalue weighted by Crippen LogP contribution is -2.13. The SMILES string of the molecule is CNOCOC(C)C. The van der Waals surface area contributed by atoms with Gasteiger partial charge in [0, 0.05) is 7.05 Å². The molecule has 8 heavy (non-hydrogen) atoms. The second-order valence-corrected chi connectivity index (χ2v) is 1.68. The predicted octanol–water partition coefficient (Wildman–Crippen LogP) is 0.520. The van der Waals surface area contributed by atoms with Crippen molar-refractivity contribution in [3.63, 3.8) is 0 Å². The Morgan fingerprint density at radius 3 is 2.50 bits per heavy atom. The van der Waals surface area contributed by atoms with Crippen LogP contribution in [0.2, 0.25) is 0 Å². The quantitative estimate of drug-likeness (QED) is 0.332. The van der Waals surface area contributed by atoms with Gasteiger partial charge in [0.1, 0.15) is 0 Å². The van der Waals surface area contributed by atoms with Crippen molar-refractivity contribution in [1.82, 2.24) is 5.48 Å². The molecule has 0 fully saturated rings. The Labute approximate surface area is 49.9 Å². The zero-order chi connectivity index (χ0) is 6.41. The highest BCUT2D eigenvalue weighted by Gasteiger charge is 1.88. The van der Waals surface area contributed by atoms with E-state index in [2.05, 4.69) is 10.3 Å². The summed E-state index contributed by atoms with van der Waals surface area (Å²) in [7, 11) is 1.70. The van der Waals surface area contributed by atoms with Crippen LogP contribution in [0.1, 0.15) is 13.8 Å². The van der Waals surface area contributed by atoms with Crippen molar-refractivity contribution >= 4 is 0 Å². The summed E-state index contributed by atoms with van der Waals surface area (Å²) >= 11 is 0. The molecule has 0 saturated heterocycles. The molecule has 1 N–H and O–H groups in total. The zero-order valence-electron chi connectivity index (χ0n) is 5.60. The number of ether oxygens (including phenoxy) is 1. The molecule has 0 heterocycles. The summed E-state index contributed by atoms with van der Waals surface area (Å²) < 4.78 is 5.00. The molecule has 0 atom stereocenters. The average Bonchev–Trinajstić information content (AvgIpc) is 1.66. The number of nitrogens with one attached hydrogen (secondary N) is 1. The van der Waals surface area contributed by atoms with Gasteiger partial charge in [0.05, 0.1) is 6.10 Å². The van der Waals surface area contributed by atoms with E-state index in [1.165, 1.54) is 0 Å². The topological polar surface area (TPSA) is 30.5 Å². The van der Waals surface area contributed by atoms with Gasteiger partial charge in [0.2, 0.25) is 0 Å². The third-order valence-electron chi connectivity index (χ3n) is 0.605. The Kier molecular flexibility index (Phi) is 4.95. The molecule has 0 aromatic rings. The standard InChI is InChI=1S/C5H13NO2/c1-5(2)7-4-8-6-3/h5-6H,4H2,1-3H3. The summed E-state index contributed by atoms with van der Waals surface area (Å²) in [4.78, 5) is 4.67. The van der Waals surface area contributed by atoms with E-state index in [-0.39, 0.29) is 6.10 Å². The average molecular weight is 119 g/mol. The number of rotatable bonds is 4. The van der Waals surface area contributed by atoms with Crippen molar-refractivity contribution in [3.8, 4) is 0 Å². The molecule has 0 aliphatic carbocycles. The van der Waals surface area contributed by atoms with Crippen LogP contribution in [0.5, 0.6) is 0 Å². The lowest BCUT2D eigenvalue weighted by molar-refractivity contribution is -0.111. The molecule has 0 bridgehead atoms. The Balaban J connectivity index is 2.72. The third-order valence-corrected chi connectivity index (χ3v) is 0.605. The third kappa shape index (κ3) is 5.88. The Hall–Kier alpha value is -0.120. The molecule has 0 aromatic heterocycles. The normalized spacial score (nSPS) is 10.5. The van der Waals surface area contributed by atoms with Crippen molar-refractivity contribution < 1.29 is 9.57 Å². The van der Waals surface area contributed by atoms with Crippen molar-refractivity contribution in [2.75, 3.05) is 13.8 Å². The van der Waals surface area contributed by atoms with E-state index in [1.54, 1.807) is 7.05 Å². The van der Waals surface area contributed by atoms with E-state index in [9.17, 15) is 0 Å². The van der Waals surface area contributed by atoms with Gasteiger partial charge < -0.3 is 4.74 Å². The van der Waals surface area contributed by atoms with Gasteiger partial charge in [-0.1, -0.05) is 0 Å². The fourth-order valence-electron chi connectivity index (χ4n) is 0.229. The predicted molar refractivity (Wildman–Crippen MR) is 31.2 cm³/mol. The molecule has 50 valence electrons. The second-order valence-electron chi connectivity index (χ2n) is 1.68. The highest BCUT2D eigenvalue weighted by atomic mass is 16.8. The number of hydroxylamine groups is 1. The van der Waals surface area contributed by atoms with Gasteiger partial charge in [0.25, 0.3) is 0 Å². The van der Waals surface area contributed by atoms with Crippen molar-refractivity contribution in [2.24, 2.45) is 0 Å². The van der Waals surface area contributed by atoms with Gasteiger partial charge in [-0.15, -0.1) is 0 Å². The Morgan fingerprint density at radius 2 is 2.12 bits per heavy atom. The zero-order valence-corrected chi connectivity index (χ0v) is 5.60. The molecule has 3 nitrogen and oxygen atoms in total. The van der Waals surface area contributed by atoms with E-state index in [0.717, 1.165) is 0 Å². The van der Waals surface area contributed by atoms with Crippen LogP contribution in [0.3, 0.4) is 0 Å². The molecule has 0 rings (SSSR count). The van der Waals surface area contributed by atoms with E-state index in [1.807, 2.05) is 13.8 Å². The van der Waals surface area contributed by atoms with E-state index >= 15 is 0 Å². The van der Waals surface area contributed by atoms with Crippen LogP contribution in [-0.2, 0) is 9.57 Å². The van der Waals surface area contributed by atoms with Crippen molar-refractivity contribution in [1.29, 1.82) is 0 Å². The molecule has 0 amide bonds. The fraction of sp³-hybridized carbons (Fsp3) is 1.00. The van der Waals surface area contributed by atoms with Crippen LogP contribution >= 0.6 is 0 Å². The van der Waals surface area contributed by atoms with Crippen LogP contribution < -0.4 is 5.48 Å². The highest BCUT2D eigenvalue weighted by molar-refractivity contribution is 4.29. The van der Waals surface area contributed by atoms with Gasteiger partial charge >= 0.3 is 0 Å². The summed E-state index contributed by atoms with van der Waals surface area (Å²) in [6.07, 6.45) is 0.239. The number of hydrogen-bond acceptors (Lipinski definition) is 3. The molecule has 0 aliphatic heterocycles. The molecular weight excluding hydrogens is 106 g/mol. The van der Waals surface area contributed by atoms with Gasteiger partial charge in [0.15, 0.2) is 6.79 Å². The van der Waals surface area contributed by atoms with Gasteiger partial charge in [-0.25, -0.2) is 5.48 Å². The van der Waals surface area contributed by atoms with E-state index in [0.29, 0.717) is 6.79 Å². The molecule has 3 heteroatoms. The monoisotopic (exact) mass is 119 g/mol. The first-order chi connectivity index (χ1) is 3.77. The van der Waals surface area contributed by atoms with Crippen molar-refractivity contribution in [3.05, 3.63) is 0 Å². The van der Waals surface area contributed by atoms with E-state index < -0.39 is 0 Å². The van der Waals surface area contributed by atoms with Crippen LogP contribution in [0.15, 0.2) is 0 Å². The Morgan fingerprint density at radius 1 is 1.50 bits per heavy atom. The summed E-state index contributed by atoms with van der Waals surface area (Å²) in [5.41, 5.74) is 2.50. The highest BCUT2D eigenvalue weighted by Crippen LogP contribution is 1.84. The minimum Gasteiger partial charge on any atom is -0.351 e. The van der Waals surface area contributed by atoms with Crippen LogP contribution in [0, 0.1) is 0 Å². The van der Waals surface area contributed by atoms with Gasteiger partial charge in [-0.05, 0) is 13.8 Å². The minimum absolute atomic E-state index is 0.239. The van der Waals surface area contributed by atoms with Gasteiger partial charge in [-0.2, -0.15) is 0 Å². The summed E-state index contributed by atoms with van der Waals surface area (Å²) in [6.45, 7) is 4.23. The largest absolute Gasteiger partial charge is 0.351 e. The molecule has 0 spiro atoms. The first-order valence-electron chi connectivity index (χ1n) is 2.67. The lowest BCUT2D eigenvalue weighted by atomic mass is 10.5. The molecule has 0 aliphatic rings. The summed E-state index contributed by atoms with van der Waals surface area (Å²) in [5, 5.41) is 0. The van der Waals surface area contributed by atoms with E-state index in [4.69, 9.17) is 4.74 Å². The number of hydrogen-bond donors (Lipinski definition) is 1. The maximum absolute atomic E-state index is 5.00. The maximum atomic E-state index is 5.00. The van der Waals surface area contributed by atoms with Gasteiger partial charge in [-0.3, -0.25) is 4.84 Å². The molecule has 0 saturated carbocycles. The van der Waals surface area contributed by atoms with Crippen LogP contribution in [0.4, 0.5) is 0 Å². The first-order valence-corrected chi connectivity index (χ1v) is 2.67. The summed E-state index contributed by atoms with van der Waals surface area (Å²) in [5.74, 6) is 0. The van der Waals surface area contributed by atoms with Crippen molar-refractivity contribution in [2.45, 2.75) is 20.0 Å². The first kappa shape index (κ1) is 7.88. The smallest absolute Gasteiger partial charge is 0.167 e.